The van der Waals surface area contributed by atoms with Crippen LogP contribution < -0.4 is 5.32 Å². The smallest absolute Gasteiger partial charge is 0.317 e. The quantitative estimate of drug-likeness (QED) is 0.773. The maximum absolute atomic E-state index is 12.1. The number of likely N-dealkylation sites (tertiary alicyclic amines) is 2. The number of nitrogens with one attached hydrogen (secondary N) is 1. The first-order valence-corrected chi connectivity index (χ1v) is 7.16. The van der Waals surface area contributed by atoms with E-state index < -0.39 is 11.9 Å². The van der Waals surface area contributed by atoms with Gasteiger partial charge in [-0.25, -0.2) is 4.79 Å². The lowest BCUT2D eigenvalue weighted by atomic mass is 10.1. The molecular weight excluding hydrogens is 246 g/mol. The van der Waals surface area contributed by atoms with Gasteiger partial charge >= 0.3 is 12.0 Å². The van der Waals surface area contributed by atoms with Gasteiger partial charge in [0.2, 0.25) is 0 Å². The predicted octanol–water partition coefficient (Wildman–Crippen LogP) is 0.339. The maximum Gasteiger partial charge on any atom is 0.317 e. The van der Waals surface area contributed by atoms with E-state index in [1.807, 2.05) is 0 Å². The van der Waals surface area contributed by atoms with Gasteiger partial charge < -0.3 is 15.3 Å². The highest BCUT2D eigenvalue weighted by Crippen LogP contribution is 2.29. The number of nitrogens with zero attached hydrogens (tertiary/aromatic N) is 2. The first-order chi connectivity index (χ1) is 9.13. The van der Waals surface area contributed by atoms with E-state index >= 15 is 0 Å². The fraction of sp³-hybridized carbons (Fsp3) is 0.846. The molecule has 0 bridgehead atoms. The Morgan fingerprint density at radius 2 is 1.84 bits per heavy atom. The first-order valence-electron chi connectivity index (χ1n) is 7.16. The summed E-state index contributed by atoms with van der Waals surface area (Å²) in [6.07, 6.45) is 4.18. The SMILES string of the molecule is O=C(O)C1CCN(C(=O)NC2CCN(C3CC3)C2)C1. The third kappa shape index (κ3) is 2.83. The second kappa shape index (κ2) is 5.00. The van der Waals surface area contributed by atoms with Crippen molar-refractivity contribution in [3.63, 3.8) is 0 Å². The Hall–Kier alpha value is -1.30. The number of carboxylic acid groups (broad SMARTS) is 1. The molecule has 6 nitrogen and oxygen atoms in total. The molecular formula is C13H21N3O3. The normalized spacial score (nSPS) is 31.7. The van der Waals surface area contributed by atoms with E-state index in [0.29, 0.717) is 19.5 Å². The van der Waals surface area contributed by atoms with E-state index in [2.05, 4.69) is 10.2 Å². The van der Waals surface area contributed by atoms with Crippen molar-refractivity contribution in [3.8, 4) is 0 Å². The van der Waals surface area contributed by atoms with Crippen LogP contribution in [0.4, 0.5) is 4.79 Å². The molecule has 2 atom stereocenters. The number of carbonyl (C=O) groups is 2. The van der Waals surface area contributed by atoms with Crippen molar-refractivity contribution in [1.82, 2.24) is 15.1 Å². The van der Waals surface area contributed by atoms with Gasteiger partial charge in [-0.05, 0) is 25.7 Å². The first kappa shape index (κ1) is 12.7. The van der Waals surface area contributed by atoms with Crippen LogP contribution in [-0.2, 0) is 4.79 Å². The molecule has 2 unspecified atom stereocenters. The summed E-state index contributed by atoms with van der Waals surface area (Å²) in [5.74, 6) is -1.19. The van der Waals surface area contributed by atoms with Crippen LogP contribution >= 0.6 is 0 Å². The minimum Gasteiger partial charge on any atom is -0.481 e. The number of aliphatic carboxylic acids is 1. The van der Waals surface area contributed by atoms with Crippen molar-refractivity contribution >= 4 is 12.0 Å². The minimum atomic E-state index is -0.795. The predicted molar refractivity (Wildman–Crippen MR) is 68.8 cm³/mol. The zero-order valence-corrected chi connectivity index (χ0v) is 11.0. The van der Waals surface area contributed by atoms with Crippen molar-refractivity contribution in [3.05, 3.63) is 0 Å². The minimum absolute atomic E-state index is 0.0913. The Labute approximate surface area is 112 Å². The Balaban J connectivity index is 1.45. The van der Waals surface area contributed by atoms with Gasteiger partial charge in [-0.15, -0.1) is 0 Å². The Morgan fingerprint density at radius 1 is 1.05 bits per heavy atom. The highest BCUT2D eigenvalue weighted by Gasteiger charge is 2.36. The number of amides is 2. The number of urea groups is 1. The lowest BCUT2D eigenvalue weighted by Gasteiger charge is -2.21. The van der Waals surface area contributed by atoms with Crippen molar-refractivity contribution in [2.24, 2.45) is 5.92 Å². The molecule has 2 saturated heterocycles. The van der Waals surface area contributed by atoms with E-state index in [1.165, 1.54) is 12.8 Å². The summed E-state index contributed by atoms with van der Waals surface area (Å²) in [7, 11) is 0. The number of rotatable bonds is 3. The van der Waals surface area contributed by atoms with Gasteiger partial charge in [0, 0.05) is 38.3 Å². The van der Waals surface area contributed by atoms with Crippen molar-refractivity contribution in [2.45, 2.75) is 37.8 Å². The largest absolute Gasteiger partial charge is 0.481 e. The lowest BCUT2D eigenvalue weighted by molar-refractivity contribution is -0.141. The number of carbonyl (C=O) groups excluding carboxylic acids is 1. The molecule has 19 heavy (non-hydrogen) atoms. The molecule has 106 valence electrons. The van der Waals surface area contributed by atoms with Gasteiger partial charge in [0.25, 0.3) is 0 Å². The number of hydrogen-bond donors (Lipinski definition) is 2. The molecule has 1 saturated carbocycles. The van der Waals surface area contributed by atoms with Gasteiger partial charge in [-0.2, -0.15) is 0 Å². The second-order valence-electron chi connectivity index (χ2n) is 5.93. The average molecular weight is 267 g/mol. The number of hydrogen-bond acceptors (Lipinski definition) is 3. The van der Waals surface area contributed by atoms with Gasteiger partial charge in [0.15, 0.2) is 0 Å². The third-order valence-electron chi connectivity index (χ3n) is 4.44. The van der Waals surface area contributed by atoms with Crippen LogP contribution in [0.1, 0.15) is 25.7 Å². The van der Waals surface area contributed by atoms with Crippen LogP contribution in [0.5, 0.6) is 0 Å². The fourth-order valence-electron chi connectivity index (χ4n) is 3.09. The topological polar surface area (TPSA) is 72.9 Å². The van der Waals surface area contributed by atoms with Crippen molar-refractivity contribution in [2.75, 3.05) is 26.2 Å². The van der Waals surface area contributed by atoms with E-state index in [0.717, 1.165) is 25.6 Å². The maximum atomic E-state index is 12.1. The molecule has 0 radical (unpaired) electrons. The highest BCUT2D eigenvalue weighted by molar-refractivity contribution is 5.77. The molecule has 3 aliphatic rings. The Bertz CT molecular complexity index is 383. The summed E-state index contributed by atoms with van der Waals surface area (Å²) in [6.45, 7) is 2.93. The van der Waals surface area contributed by atoms with Gasteiger partial charge in [-0.3, -0.25) is 9.69 Å². The van der Waals surface area contributed by atoms with Gasteiger partial charge in [-0.1, -0.05) is 0 Å². The van der Waals surface area contributed by atoms with E-state index in [-0.39, 0.29) is 12.1 Å². The second-order valence-corrected chi connectivity index (χ2v) is 5.93. The summed E-state index contributed by atoms with van der Waals surface area (Å²) in [6, 6.07) is 0.897. The van der Waals surface area contributed by atoms with Crippen LogP contribution in [-0.4, -0.2) is 65.2 Å². The molecule has 2 heterocycles. The summed E-state index contributed by atoms with van der Waals surface area (Å²) >= 11 is 0. The van der Waals surface area contributed by atoms with Gasteiger partial charge in [0.1, 0.15) is 0 Å². The zero-order valence-electron chi connectivity index (χ0n) is 11.0. The van der Waals surface area contributed by atoms with Crippen LogP contribution in [0.2, 0.25) is 0 Å². The molecule has 3 fully saturated rings. The molecule has 1 aliphatic carbocycles. The standard InChI is InChI=1S/C13H21N3O3/c17-12(18)9-3-5-16(7-9)13(19)14-10-4-6-15(8-10)11-1-2-11/h9-11H,1-8H2,(H,14,19)(H,17,18). The van der Waals surface area contributed by atoms with Crippen LogP contribution in [0.3, 0.4) is 0 Å². The molecule has 3 rings (SSSR count). The molecule has 2 N–H and O–H groups in total. The summed E-state index contributed by atoms with van der Waals surface area (Å²) < 4.78 is 0. The fourth-order valence-corrected chi connectivity index (χ4v) is 3.09. The van der Waals surface area contributed by atoms with Crippen molar-refractivity contribution in [1.29, 1.82) is 0 Å². The molecule has 0 spiro atoms. The van der Waals surface area contributed by atoms with Crippen LogP contribution in [0.15, 0.2) is 0 Å². The van der Waals surface area contributed by atoms with Crippen molar-refractivity contribution < 1.29 is 14.7 Å². The van der Waals surface area contributed by atoms with Crippen LogP contribution in [0, 0.1) is 5.92 Å². The highest BCUT2D eigenvalue weighted by atomic mass is 16.4. The summed E-state index contributed by atoms with van der Waals surface area (Å²) in [5, 5.41) is 12.0. The van der Waals surface area contributed by atoms with E-state index in [4.69, 9.17) is 5.11 Å². The molecule has 6 heteroatoms. The summed E-state index contributed by atoms with van der Waals surface area (Å²) in [5.41, 5.74) is 0. The Kier molecular flexibility index (Phi) is 3.35. The number of carboxylic acids is 1. The third-order valence-corrected chi connectivity index (χ3v) is 4.44. The molecule has 0 aromatic heterocycles. The monoisotopic (exact) mass is 267 g/mol. The van der Waals surface area contributed by atoms with E-state index in [9.17, 15) is 9.59 Å². The zero-order chi connectivity index (χ0) is 13.4. The summed E-state index contributed by atoms with van der Waals surface area (Å²) in [4.78, 5) is 27.0. The lowest BCUT2D eigenvalue weighted by Crippen LogP contribution is -2.45. The molecule has 2 aliphatic heterocycles. The molecule has 0 aromatic rings. The Morgan fingerprint density at radius 3 is 2.47 bits per heavy atom. The molecule has 2 amide bonds. The molecule has 0 aromatic carbocycles. The van der Waals surface area contributed by atoms with Gasteiger partial charge in [0.05, 0.1) is 5.92 Å². The average Bonchev–Trinajstić information content (AvgIpc) is 2.92. The van der Waals surface area contributed by atoms with E-state index in [1.54, 1.807) is 4.90 Å². The van der Waals surface area contributed by atoms with Crippen LogP contribution in [0.25, 0.3) is 0 Å².